The van der Waals surface area contributed by atoms with Gasteiger partial charge >= 0.3 is 0 Å². The van der Waals surface area contributed by atoms with Crippen molar-refractivity contribution in [1.29, 1.82) is 0 Å². The number of aliphatic hydroxyl groups excluding tert-OH is 1. The minimum atomic E-state index is -0.971. The van der Waals surface area contributed by atoms with Crippen molar-refractivity contribution in [3.63, 3.8) is 0 Å². The molecular weight excluding hydrogens is 699 g/mol. The van der Waals surface area contributed by atoms with E-state index < -0.39 is 24.1 Å². The molecule has 2 fully saturated rings. The van der Waals surface area contributed by atoms with Crippen LogP contribution in [0.15, 0.2) is 59.3 Å². The third-order valence-electron chi connectivity index (χ3n) is 10.1. The maximum atomic E-state index is 14.4. The third-order valence-corrected chi connectivity index (χ3v) is 12.2. The number of fused-ring (bicyclic) bond motifs is 1. The van der Waals surface area contributed by atoms with Crippen molar-refractivity contribution in [1.82, 2.24) is 35.7 Å². The SMILES string of the molecule is Cc1nnc(SCC(O)[C@H](CC2CCCCC2)NC(=O)[C@H](Cc2cnc[nH]2)NC(=O)C(CC(=O)N2CCOCC2)Cc2cccc3ccccc23)s1. The number of benzene rings is 2. The molecule has 14 heteroatoms. The van der Waals surface area contributed by atoms with Crippen LogP contribution in [0, 0.1) is 18.8 Å². The molecule has 2 aliphatic rings. The summed E-state index contributed by atoms with van der Waals surface area (Å²) in [6, 6.07) is 12.5. The number of aryl methyl sites for hydroxylation is 1. The summed E-state index contributed by atoms with van der Waals surface area (Å²) in [5.41, 5.74) is 1.64. The lowest BCUT2D eigenvalue weighted by atomic mass is 9.83. The largest absolute Gasteiger partial charge is 0.390 e. The summed E-state index contributed by atoms with van der Waals surface area (Å²) >= 11 is 2.90. The zero-order valence-electron chi connectivity index (χ0n) is 29.7. The summed E-state index contributed by atoms with van der Waals surface area (Å²) in [4.78, 5) is 51.2. The lowest BCUT2D eigenvalue weighted by Crippen LogP contribution is -2.55. The Morgan fingerprint density at radius 1 is 1.02 bits per heavy atom. The average molecular weight is 748 g/mol. The van der Waals surface area contributed by atoms with Gasteiger partial charge in [0.1, 0.15) is 11.0 Å². The molecule has 1 saturated heterocycles. The number of aromatic amines is 1. The van der Waals surface area contributed by atoms with Crippen LogP contribution in [0.1, 0.15) is 61.2 Å². The van der Waals surface area contributed by atoms with Crippen molar-refractivity contribution in [2.45, 2.75) is 87.2 Å². The minimum absolute atomic E-state index is 0.00121. The number of imidazole rings is 1. The van der Waals surface area contributed by atoms with Gasteiger partial charge in [-0.15, -0.1) is 10.2 Å². The van der Waals surface area contributed by atoms with Gasteiger partial charge in [0.15, 0.2) is 4.34 Å². The van der Waals surface area contributed by atoms with Crippen molar-refractivity contribution in [2.24, 2.45) is 11.8 Å². The number of aliphatic hydroxyl groups is 1. The number of morpholine rings is 1. The van der Waals surface area contributed by atoms with Gasteiger partial charge in [0.25, 0.3) is 0 Å². The number of amides is 3. The van der Waals surface area contributed by atoms with Gasteiger partial charge in [-0.25, -0.2) is 4.98 Å². The molecule has 4 atom stereocenters. The maximum absolute atomic E-state index is 14.4. The molecule has 0 bridgehead atoms. The monoisotopic (exact) mass is 747 g/mol. The van der Waals surface area contributed by atoms with Crippen LogP contribution in [0.3, 0.4) is 0 Å². The molecular formula is C38H49N7O5S2. The standard InChI is InChI=1S/C38H49N7O5S2/c1-25-43-44-38(52-25)51-23-34(46)32(18-26-8-3-2-4-9-26)41-37(49)33(21-30-22-39-24-40-30)42-36(48)29(20-35(47)45-14-16-50-17-15-45)19-28-12-7-11-27-10-5-6-13-31(27)28/h5-7,10-13,22,24,26,29,32-34,46H,2-4,8-9,14-21,23H2,1H3,(H,39,40)(H,41,49)(H,42,48)/t29?,32-,33-,34?/m0/s1. The zero-order valence-corrected chi connectivity index (χ0v) is 31.3. The molecule has 52 heavy (non-hydrogen) atoms. The van der Waals surface area contributed by atoms with E-state index in [0.717, 1.165) is 51.4 Å². The van der Waals surface area contributed by atoms with Crippen LogP contribution < -0.4 is 10.6 Å². The van der Waals surface area contributed by atoms with Gasteiger partial charge < -0.3 is 30.4 Å². The zero-order chi connectivity index (χ0) is 36.3. The fourth-order valence-electron chi connectivity index (χ4n) is 7.25. The van der Waals surface area contributed by atoms with Crippen LogP contribution in [0.25, 0.3) is 10.8 Å². The number of nitrogens with one attached hydrogen (secondary N) is 3. The molecule has 1 aliphatic heterocycles. The highest BCUT2D eigenvalue weighted by Gasteiger charge is 2.33. The number of aromatic nitrogens is 4. The molecule has 278 valence electrons. The van der Waals surface area contributed by atoms with Gasteiger partial charge in [0.2, 0.25) is 17.7 Å². The highest BCUT2D eigenvalue weighted by Crippen LogP contribution is 2.30. The molecule has 0 radical (unpaired) electrons. The fourth-order valence-corrected chi connectivity index (χ4v) is 9.11. The topological polar surface area (TPSA) is 162 Å². The third kappa shape index (κ3) is 10.6. The van der Waals surface area contributed by atoms with E-state index in [0.29, 0.717) is 56.5 Å². The molecule has 3 amide bonds. The van der Waals surface area contributed by atoms with Crippen molar-refractivity contribution < 1.29 is 24.2 Å². The number of thioether (sulfide) groups is 1. The number of carbonyl (C=O) groups is 3. The van der Waals surface area contributed by atoms with Gasteiger partial charge in [0, 0.05) is 43.6 Å². The lowest BCUT2D eigenvalue weighted by molar-refractivity contribution is -0.140. The summed E-state index contributed by atoms with van der Waals surface area (Å²) < 4.78 is 6.23. The van der Waals surface area contributed by atoms with Gasteiger partial charge in [-0.05, 0) is 42.0 Å². The van der Waals surface area contributed by atoms with E-state index in [4.69, 9.17) is 4.74 Å². The van der Waals surface area contributed by atoms with Crippen LogP contribution in [0.2, 0.25) is 0 Å². The van der Waals surface area contributed by atoms with E-state index in [1.807, 2.05) is 49.4 Å². The summed E-state index contributed by atoms with van der Waals surface area (Å²) in [5.74, 6) is -0.866. The number of H-pyrrole nitrogens is 1. The Kier molecular flexibility index (Phi) is 13.7. The fraction of sp³-hybridized carbons (Fsp3) is 0.526. The number of hydrogen-bond acceptors (Lipinski definition) is 10. The van der Waals surface area contributed by atoms with Crippen molar-refractivity contribution in [3.05, 3.63) is 71.3 Å². The minimum Gasteiger partial charge on any atom is -0.390 e. The first-order valence-corrected chi connectivity index (χ1v) is 20.1. The van der Waals surface area contributed by atoms with Gasteiger partial charge in [-0.3, -0.25) is 14.4 Å². The van der Waals surface area contributed by atoms with E-state index in [2.05, 4.69) is 30.8 Å². The quantitative estimate of drug-likeness (QED) is 0.121. The Balaban J connectivity index is 1.22. The lowest BCUT2D eigenvalue weighted by Gasteiger charge is -2.32. The second kappa shape index (κ2) is 18.8. The van der Waals surface area contributed by atoms with Crippen molar-refractivity contribution in [2.75, 3.05) is 32.1 Å². The van der Waals surface area contributed by atoms with Crippen LogP contribution >= 0.6 is 23.1 Å². The Morgan fingerprint density at radius 3 is 2.56 bits per heavy atom. The van der Waals surface area contributed by atoms with Crippen LogP contribution in [-0.2, 0) is 32.0 Å². The van der Waals surface area contributed by atoms with Crippen LogP contribution in [-0.4, -0.2) is 98.1 Å². The van der Waals surface area contributed by atoms with E-state index in [9.17, 15) is 19.5 Å². The number of nitrogens with zero attached hydrogens (tertiary/aromatic N) is 4. The first-order valence-electron chi connectivity index (χ1n) is 18.3. The molecule has 2 unspecified atom stereocenters. The Bertz CT molecular complexity index is 1750. The number of hydrogen-bond donors (Lipinski definition) is 4. The second-order valence-corrected chi connectivity index (χ2v) is 16.3. The van der Waals surface area contributed by atoms with Crippen LogP contribution in [0.4, 0.5) is 0 Å². The Hall–Kier alpha value is -3.85. The van der Waals surface area contributed by atoms with Gasteiger partial charge in [-0.1, -0.05) is 97.7 Å². The molecule has 4 N–H and O–H groups in total. The Morgan fingerprint density at radius 2 is 1.81 bits per heavy atom. The predicted molar refractivity (Wildman–Crippen MR) is 202 cm³/mol. The van der Waals surface area contributed by atoms with E-state index in [1.165, 1.54) is 29.5 Å². The smallest absolute Gasteiger partial charge is 0.243 e. The summed E-state index contributed by atoms with van der Waals surface area (Å²) in [5, 5.41) is 28.9. The first-order chi connectivity index (χ1) is 25.3. The highest BCUT2D eigenvalue weighted by molar-refractivity contribution is 8.01. The molecule has 4 aromatic rings. The molecule has 12 nitrogen and oxygen atoms in total. The average Bonchev–Trinajstić information content (AvgIpc) is 3.85. The molecule has 2 aromatic heterocycles. The molecule has 0 spiro atoms. The molecule has 1 saturated carbocycles. The van der Waals surface area contributed by atoms with E-state index in [-0.39, 0.29) is 30.6 Å². The summed E-state index contributed by atoms with van der Waals surface area (Å²) in [6.07, 6.45) is 9.07. The van der Waals surface area contributed by atoms with Gasteiger partial charge in [-0.2, -0.15) is 0 Å². The normalized spacial score (nSPS) is 17.7. The van der Waals surface area contributed by atoms with Crippen molar-refractivity contribution in [3.8, 4) is 0 Å². The molecule has 6 rings (SSSR count). The summed E-state index contributed by atoms with van der Waals surface area (Å²) in [6.45, 7) is 3.78. The summed E-state index contributed by atoms with van der Waals surface area (Å²) in [7, 11) is 0. The second-order valence-electron chi connectivity index (χ2n) is 13.9. The molecule has 3 heterocycles. The van der Waals surface area contributed by atoms with Crippen molar-refractivity contribution >= 4 is 51.6 Å². The van der Waals surface area contributed by atoms with E-state index >= 15 is 0 Å². The first kappa shape index (κ1) is 37.9. The Labute approximate surface area is 312 Å². The number of carbonyl (C=O) groups excluding carboxylic acids is 3. The predicted octanol–water partition coefficient (Wildman–Crippen LogP) is 4.47. The number of ether oxygens (including phenoxy) is 1. The van der Waals surface area contributed by atoms with E-state index in [1.54, 1.807) is 17.4 Å². The maximum Gasteiger partial charge on any atom is 0.243 e. The van der Waals surface area contributed by atoms with Gasteiger partial charge in [0.05, 0.1) is 37.6 Å². The van der Waals surface area contributed by atoms with Crippen LogP contribution in [0.5, 0.6) is 0 Å². The highest BCUT2D eigenvalue weighted by atomic mass is 32.2. The molecule has 2 aromatic carbocycles. The number of rotatable bonds is 16. The molecule has 1 aliphatic carbocycles.